The Hall–Kier alpha value is -3.36. The lowest BCUT2D eigenvalue weighted by molar-refractivity contribution is -0.131. The van der Waals surface area contributed by atoms with E-state index < -0.39 is 0 Å². The fraction of sp³-hybridized carbons (Fsp3) is 0.409. The number of benzene rings is 1. The van der Waals surface area contributed by atoms with Crippen LogP contribution in [-0.2, 0) is 11.2 Å². The Balaban J connectivity index is 1.64. The van der Waals surface area contributed by atoms with Crippen molar-refractivity contribution in [2.24, 2.45) is 0 Å². The molecule has 31 heavy (non-hydrogen) atoms. The third-order valence-corrected chi connectivity index (χ3v) is 5.60. The van der Waals surface area contributed by atoms with E-state index in [1.54, 1.807) is 31.3 Å². The van der Waals surface area contributed by atoms with Crippen molar-refractivity contribution in [2.75, 3.05) is 32.1 Å². The average molecular weight is 424 g/mol. The van der Waals surface area contributed by atoms with Crippen LogP contribution >= 0.6 is 0 Å². The first-order valence-corrected chi connectivity index (χ1v) is 10.3. The van der Waals surface area contributed by atoms with Gasteiger partial charge in [0, 0.05) is 50.4 Å². The van der Waals surface area contributed by atoms with E-state index in [0.29, 0.717) is 41.6 Å². The Morgan fingerprint density at radius 2 is 2.06 bits per heavy atom. The second kappa shape index (κ2) is 8.79. The molecule has 2 aromatic heterocycles. The molecule has 4 rings (SSSR count). The van der Waals surface area contributed by atoms with Gasteiger partial charge in [0.2, 0.25) is 11.9 Å². The summed E-state index contributed by atoms with van der Waals surface area (Å²) in [6, 6.07) is 6.63. The molecule has 3 aromatic rings. The van der Waals surface area contributed by atoms with Gasteiger partial charge in [0.1, 0.15) is 17.2 Å². The molecule has 0 saturated carbocycles. The van der Waals surface area contributed by atoms with Crippen LogP contribution in [0.3, 0.4) is 0 Å². The number of hydrogen-bond donors (Lipinski definition) is 0. The Bertz CT molecular complexity index is 1080. The van der Waals surface area contributed by atoms with Crippen LogP contribution in [0.15, 0.2) is 35.1 Å². The number of aryl methyl sites for hydroxylation is 1. The van der Waals surface area contributed by atoms with E-state index in [9.17, 15) is 9.18 Å². The van der Waals surface area contributed by atoms with Gasteiger partial charge in [-0.05, 0) is 25.8 Å². The molecule has 9 heteroatoms. The standard InChI is InChI=1S/C22H25FN6O2/c1-14-19(27-31-26-14)11-20(30)29-10-6-7-15(13-29)21-17(12-24-22(25-21)28(2)3)16-8-4-5-9-18(16)23/h4-5,8-9,12,15H,6-7,10-11,13H2,1-3H3/t15-/m1/s1. The van der Waals surface area contributed by atoms with Crippen LogP contribution in [0.2, 0.25) is 0 Å². The summed E-state index contributed by atoms with van der Waals surface area (Å²) in [5.41, 5.74) is 3.07. The van der Waals surface area contributed by atoms with Gasteiger partial charge in [0.15, 0.2) is 0 Å². The predicted octanol–water partition coefficient (Wildman–Crippen LogP) is 2.99. The molecule has 1 fully saturated rings. The number of halogens is 1. The number of aromatic nitrogens is 4. The highest BCUT2D eigenvalue weighted by atomic mass is 19.1. The first kappa shape index (κ1) is 20.9. The predicted molar refractivity (Wildman–Crippen MR) is 113 cm³/mol. The Labute approximate surface area is 180 Å². The van der Waals surface area contributed by atoms with Crippen molar-refractivity contribution in [3.05, 3.63) is 53.4 Å². The van der Waals surface area contributed by atoms with Gasteiger partial charge in [-0.3, -0.25) is 4.79 Å². The molecule has 1 atom stereocenters. The lowest BCUT2D eigenvalue weighted by atomic mass is 9.89. The largest absolute Gasteiger partial charge is 0.347 e. The number of hydrogen-bond acceptors (Lipinski definition) is 7. The van der Waals surface area contributed by atoms with Crippen molar-refractivity contribution in [2.45, 2.75) is 32.1 Å². The van der Waals surface area contributed by atoms with E-state index in [1.807, 2.05) is 23.9 Å². The first-order valence-electron chi connectivity index (χ1n) is 10.3. The minimum atomic E-state index is -0.317. The number of likely N-dealkylation sites (tertiary alicyclic amines) is 1. The highest BCUT2D eigenvalue weighted by molar-refractivity contribution is 5.79. The van der Waals surface area contributed by atoms with Crippen molar-refractivity contribution in [3.8, 4) is 11.1 Å². The van der Waals surface area contributed by atoms with Crippen molar-refractivity contribution in [3.63, 3.8) is 0 Å². The fourth-order valence-electron chi connectivity index (χ4n) is 3.89. The zero-order chi connectivity index (χ0) is 22.0. The Morgan fingerprint density at radius 3 is 2.77 bits per heavy atom. The van der Waals surface area contributed by atoms with E-state index in [4.69, 9.17) is 9.61 Å². The third-order valence-electron chi connectivity index (χ3n) is 5.60. The lowest BCUT2D eigenvalue weighted by Crippen LogP contribution is -2.40. The molecular weight excluding hydrogens is 399 g/mol. The van der Waals surface area contributed by atoms with Crippen molar-refractivity contribution >= 4 is 11.9 Å². The molecule has 0 N–H and O–H groups in total. The maximum atomic E-state index is 14.6. The van der Waals surface area contributed by atoms with E-state index >= 15 is 0 Å². The summed E-state index contributed by atoms with van der Waals surface area (Å²) in [6.07, 6.45) is 3.53. The van der Waals surface area contributed by atoms with Gasteiger partial charge >= 0.3 is 0 Å². The molecular formula is C22H25FN6O2. The van der Waals surface area contributed by atoms with Gasteiger partial charge in [-0.25, -0.2) is 19.0 Å². The summed E-state index contributed by atoms with van der Waals surface area (Å²) >= 11 is 0. The summed E-state index contributed by atoms with van der Waals surface area (Å²) in [5, 5.41) is 7.56. The highest BCUT2D eigenvalue weighted by Crippen LogP contribution is 2.35. The second-order valence-electron chi connectivity index (χ2n) is 8.00. The van der Waals surface area contributed by atoms with Gasteiger partial charge in [0.05, 0.1) is 12.1 Å². The lowest BCUT2D eigenvalue weighted by Gasteiger charge is -2.33. The van der Waals surface area contributed by atoms with Crippen LogP contribution in [0.4, 0.5) is 10.3 Å². The van der Waals surface area contributed by atoms with Gasteiger partial charge in [-0.1, -0.05) is 28.5 Å². The zero-order valence-electron chi connectivity index (χ0n) is 17.9. The number of amides is 1. The maximum absolute atomic E-state index is 14.6. The van der Waals surface area contributed by atoms with Gasteiger partial charge < -0.3 is 9.80 Å². The van der Waals surface area contributed by atoms with Crippen LogP contribution < -0.4 is 4.90 Å². The monoisotopic (exact) mass is 424 g/mol. The van der Waals surface area contributed by atoms with Crippen LogP contribution in [0.25, 0.3) is 11.1 Å². The molecule has 1 aliphatic heterocycles. The normalized spacial score (nSPS) is 16.4. The highest BCUT2D eigenvalue weighted by Gasteiger charge is 2.29. The Morgan fingerprint density at radius 1 is 1.26 bits per heavy atom. The average Bonchev–Trinajstić information content (AvgIpc) is 3.18. The summed E-state index contributed by atoms with van der Waals surface area (Å²) in [4.78, 5) is 25.7. The number of rotatable bonds is 5. The first-order chi connectivity index (χ1) is 14.9. The topological polar surface area (TPSA) is 88.2 Å². The number of nitrogens with zero attached hydrogens (tertiary/aromatic N) is 6. The van der Waals surface area contributed by atoms with Crippen LogP contribution in [-0.4, -0.2) is 58.3 Å². The molecule has 0 radical (unpaired) electrons. The molecule has 0 aliphatic carbocycles. The molecule has 0 spiro atoms. The van der Waals surface area contributed by atoms with E-state index in [1.165, 1.54) is 6.07 Å². The molecule has 1 saturated heterocycles. The van der Waals surface area contributed by atoms with Gasteiger partial charge in [-0.2, -0.15) is 0 Å². The van der Waals surface area contributed by atoms with Crippen molar-refractivity contribution < 1.29 is 13.8 Å². The maximum Gasteiger partial charge on any atom is 0.228 e. The van der Waals surface area contributed by atoms with Crippen LogP contribution in [0.1, 0.15) is 35.8 Å². The number of piperidine rings is 1. The molecule has 1 aromatic carbocycles. The molecule has 0 unspecified atom stereocenters. The summed E-state index contributed by atoms with van der Waals surface area (Å²) in [7, 11) is 3.74. The molecule has 1 aliphatic rings. The minimum Gasteiger partial charge on any atom is -0.347 e. The number of anilines is 1. The van der Waals surface area contributed by atoms with Crippen LogP contribution in [0.5, 0.6) is 0 Å². The van der Waals surface area contributed by atoms with E-state index in [0.717, 1.165) is 18.5 Å². The SMILES string of the molecule is Cc1nonc1CC(=O)N1CCC[C@@H](c2nc(N(C)C)ncc2-c2ccccc2F)C1. The smallest absolute Gasteiger partial charge is 0.228 e. The Kier molecular flexibility index (Phi) is 5.92. The summed E-state index contributed by atoms with van der Waals surface area (Å²) in [5.74, 6) is 0.189. The van der Waals surface area contributed by atoms with E-state index in [2.05, 4.69) is 15.3 Å². The molecule has 8 nitrogen and oxygen atoms in total. The quantitative estimate of drug-likeness (QED) is 0.622. The fourth-order valence-corrected chi connectivity index (χ4v) is 3.89. The third kappa shape index (κ3) is 4.40. The van der Waals surface area contributed by atoms with Gasteiger partial charge in [0.25, 0.3) is 0 Å². The molecule has 1 amide bonds. The molecule has 0 bridgehead atoms. The number of carbonyl (C=O) groups excluding carboxylic acids is 1. The molecule has 162 valence electrons. The zero-order valence-corrected chi connectivity index (χ0v) is 17.9. The van der Waals surface area contributed by atoms with Crippen molar-refractivity contribution in [1.82, 2.24) is 25.2 Å². The summed E-state index contributed by atoms with van der Waals surface area (Å²) < 4.78 is 19.3. The minimum absolute atomic E-state index is 0.0227. The van der Waals surface area contributed by atoms with Gasteiger partial charge in [-0.15, -0.1) is 0 Å². The summed E-state index contributed by atoms with van der Waals surface area (Å²) in [6.45, 7) is 2.94. The van der Waals surface area contributed by atoms with E-state index in [-0.39, 0.29) is 24.1 Å². The second-order valence-corrected chi connectivity index (χ2v) is 8.00. The number of carbonyl (C=O) groups is 1. The molecule has 3 heterocycles. The van der Waals surface area contributed by atoms with Crippen LogP contribution in [0, 0.1) is 12.7 Å². The van der Waals surface area contributed by atoms with Crippen molar-refractivity contribution in [1.29, 1.82) is 0 Å².